The number of unbranched alkanes of at least 4 members (excludes halogenated alkanes) is 1. The Hall–Kier alpha value is -1.79. The molecule has 0 amide bonds. The fraction of sp³-hybridized carbons (Fsp3) is 0.696. The number of rotatable bonds is 11. The predicted molar refractivity (Wildman–Crippen MR) is 121 cm³/mol. The molecule has 0 aliphatic carbocycles. The molecular formula is C23H40N4O2. The Morgan fingerprint density at radius 2 is 2.14 bits per heavy atom. The summed E-state index contributed by atoms with van der Waals surface area (Å²) in [7, 11) is 2.18. The van der Waals surface area contributed by atoms with Gasteiger partial charge in [-0.15, -0.1) is 0 Å². The summed E-state index contributed by atoms with van der Waals surface area (Å²) >= 11 is 0. The molecule has 1 atom stereocenters. The van der Waals surface area contributed by atoms with Crippen molar-refractivity contribution in [1.82, 2.24) is 15.5 Å². The van der Waals surface area contributed by atoms with Crippen molar-refractivity contribution < 1.29 is 9.47 Å². The van der Waals surface area contributed by atoms with Crippen LogP contribution >= 0.6 is 0 Å². The molecule has 1 fully saturated rings. The molecule has 0 bridgehead atoms. The predicted octanol–water partition coefficient (Wildman–Crippen LogP) is 3.34. The van der Waals surface area contributed by atoms with Crippen LogP contribution in [0.15, 0.2) is 23.2 Å². The van der Waals surface area contributed by atoms with E-state index in [1.807, 2.05) is 0 Å². The number of guanidine groups is 1. The summed E-state index contributed by atoms with van der Waals surface area (Å²) in [6.45, 7) is 13.6. The number of hydrogen-bond acceptors (Lipinski definition) is 4. The maximum Gasteiger partial charge on any atom is 0.191 e. The molecule has 6 nitrogen and oxygen atoms in total. The Kier molecular flexibility index (Phi) is 10.3. The van der Waals surface area contributed by atoms with Gasteiger partial charge in [-0.1, -0.05) is 12.1 Å². The lowest BCUT2D eigenvalue weighted by Crippen LogP contribution is -2.38. The molecule has 0 saturated carbocycles. The van der Waals surface area contributed by atoms with Gasteiger partial charge in [0.15, 0.2) is 5.96 Å². The molecule has 1 aromatic rings. The maximum atomic E-state index is 6.19. The van der Waals surface area contributed by atoms with E-state index < -0.39 is 0 Å². The number of nitrogens with one attached hydrogen (secondary N) is 2. The van der Waals surface area contributed by atoms with Crippen LogP contribution in [0, 0.1) is 6.92 Å². The lowest BCUT2D eigenvalue weighted by molar-refractivity contribution is 0.140. The Morgan fingerprint density at radius 1 is 1.31 bits per heavy atom. The van der Waals surface area contributed by atoms with Crippen molar-refractivity contribution in [2.24, 2.45) is 4.99 Å². The lowest BCUT2D eigenvalue weighted by Gasteiger charge is -2.20. The second-order valence-electron chi connectivity index (χ2n) is 8.12. The molecule has 6 heteroatoms. The summed E-state index contributed by atoms with van der Waals surface area (Å²) in [4.78, 5) is 7.16. The third-order valence-electron chi connectivity index (χ3n) is 5.27. The highest BCUT2D eigenvalue weighted by atomic mass is 16.5. The van der Waals surface area contributed by atoms with Crippen LogP contribution in [-0.4, -0.2) is 62.9 Å². The van der Waals surface area contributed by atoms with E-state index in [4.69, 9.17) is 14.5 Å². The molecule has 0 radical (unpaired) electrons. The molecule has 29 heavy (non-hydrogen) atoms. The van der Waals surface area contributed by atoms with Crippen molar-refractivity contribution in [1.29, 1.82) is 0 Å². The van der Waals surface area contributed by atoms with Gasteiger partial charge in [-0.2, -0.15) is 0 Å². The quantitative estimate of drug-likeness (QED) is 0.337. The Bertz CT molecular complexity index is 627. The van der Waals surface area contributed by atoms with Gasteiger partial charge in [0, 0.05) is 31.1 Å². The summed E-state index contributed by atoms with van der Waals surface area (Å²) in [5.74, 6) is 1.79. The monoisotopic (exact) mass is 404 g/mol. The molecule has 1 aromatic carbocycles. The molecule has 1 aliphatic heterocycles. The number of benzene rings is 1. The first-order valence-electron chi connectivity index (χ1n) is 11.1. The summed E-state index contributed by atoms with van der Waals surface area (Å²) < 4.78 is 11.6. The Morgan fingerprint density at radius 3 is 2.83 bits per heavy atom. The van der Waals surface area contributed by atoms with Crippen molar-refractivity contribution in [3.63, 3.8) is 0 Å². The van der Waals surface area contributed by atoms with Gasteiger partial charge in [0.1, 0.15) is 11.9 Å². The van der Waals surface area contributed by atoms with Crippen LogP contribution in [-0.2, 0) is 11.3 Å². The second kappa shape index (κ2) is 12.7. The van der Waals surface area contributed by atoms with Crippen LogP contribution in [0.3, 0.4) is 0 Å². The number of ether oxygens (including phenoxy) is 2. The third kappa shape index (κ3) is 8.62. The van der Waals surface area contributed by atoms with Gasteiger partial charge >= 0.3 is 0 Å². The molecule has 1 aliphatic rings. The van der Waals surface area contributed by atoms with Gasteiger partial charge in [-0.3, -0.25) is 0 Å². The molecule has 2 N–H and O–H groups in total. The van der Waals surface area contributed by atoms with E-state index in [2.05, 4.69) is 68.5 Å². The first-order chi connectivity index (χ1) is 14.0. The average molecular weight is 405 g/mol. The van der Waals surface area contributed by atoms with E-state index in [-0.39, 0.29) is 6.10 Å². The van der Waals surface area contributed by atoms with E-state index in [9.17, 15) is 0 Å². The largest absolute Gasteiger partial charge is 0.488 e. The summed E-state index contributed by atoms with van der Waals surface area (Å²) in [6.07, 6.45) is 3.41. The first-order valence-corrected chi connectivity index (χ1v) is 11.1. The van der Waals surface area contributed by atoms with Gasteiger partial charge in [0.2, 0.25) is 0 Å². The first kappa shape index (κ1) is 23.5. The minimum atomic E-state index is 0.148. The highest BCUT2D eigenvalue weighted by Crippen LogP contribution is 2.24. The highest BCUT2D eigenvalue weighted by molar-refractivity contribution is 5.79. The number of aliphatic imine (C=N–C) groups is 1. The molecule has 2 rings (SSSR count). The summed E-state index contributed by atoms with van der Waals surface area (Å²) in [5, 5.41) is 6.80. The molecule has 1 heterocycles. The van der Waals surface area contributed by atoms with Crippen LogP contribution in [0.5, 0.6) is 5.75 Å². The molecular weight excluding hydrogens is 364 g/mol. The van der Waals surface area contributed by atoms with Crippen LogP contribution in [0.1, 0.15) is 51.2 Å². The Labute approximate surface area is 177 Å². The van der Waals surface area contributed by atoms with E-state index in [0.29, 0.717) is 19.2 Å². The molecule has 1 saturated heterocycles. The topological polar surface area (TPSA) is 58.1 Å². The number of hydrogen-bond donors (Lipinski definition) is 2. The van der Waals surface area contributed by atoms with Gasteiger partial charge in [0.25, 0.3) is 0 Å². The lowest BCUT2D eigenvalue weighted by atomic mass is 10.1. The number of aryl methyl sites for hydroxylation is 1. The normalized spacial score (nSPS) is 17.2. The summed E-state index contributed by atoms with van der Waals surface area (Å²) in [5.41, 5.74) is 2.31. The standard InChI is InChI=1S/C23H40N4O2/c1-6-24-23(25-12-7-8-13-27(5)18(2)3)26-16-20-10-9-19(4)15-22(20)29-21-11-14-28-17-21/h9-10,15,18,21H,6-8,11-14,16-17H2,1-5H3,(H2,24,25,26). The smallest absolute Gasteiger partial charge is 0.191 e. The van der Waals surface area contributed by atoms with E-state index in [0.717, 1.165) is 56.4 Å². The maximum absolute atomic E-state index is 6.19. The van der Waals surface area contributed by atoms with Crippen LogP contribution in [0.25, 0.3) is 0 Å². The minimum Gasteiger partial charge on any atom is -0.488 e. The van der Waals surface area contributed by atoms with Crippen molar-refractivity contribution in [2.45, 2.75) is 65.6 Å². The van der Waals surface area contributed by atoms with Crippen molar-refractivity contribution in [3.05, 3.63) is 29.3 Å². The SMILES string of the molecule is CCNC(=NCc1ccc(C)cc1OC1CCOC1)NCCCCN(C)C(C)C. The molecule has 0 spiro atoms. The van der Waals surface area contributed by atoms with Crippen LogP contribution in [0.4, 0.5) is 0 Å². The third-order valence-corrected chi connectivity index (χ3v) is 5.27. The van der Waals surface area contributed by atoms with Crippen molar-refractivity contribution >= 4 is 5.96 Å². The van der Waals surface area contributed by atoms with Gasteiger partial charge in [-0.05, 0) is 65.8 Å². The van der Waals surface area contributed by atoms with Gasteiger partial charge in [-0.25, -0.2) is 4.99 Å². The van der Waals surface area contributed by atoms with Gasteiger partial charge in [0.05, 0.1) is 19.8 Å². The van der Waals surface area contributed by atoms with Crippen LogP contribution in [0.2, 0.25) is 0 Å². The van der Waals surface area contributed by atoms with Crippen LogP contribution < -0.4 is 15.4 Å². The highest BCUT2D eigenvalue weighted by Gasteiger charge is 2.18. The van der Waals surface area contributed by atoms with Crippen molar-refractivity contribution in [3.8, 4) is 5.75 Å². The molecule has 0 aromatic heterocycles. The zero-order valence-corrected chi connectivity index (χ0v) is 19.0. The average Bonchev–Trinajstić information content (AvgIpc) is 3.19. The fourth-order valence-corrected chi connectivity index (χ4v) is 3.14. The zero-order valence-electron chi connectivity index (χ0n) is 19.0. The zero-order chi connectivity index (χ0) is 21.1. The Balaban J connectivity index is 1.88. The molecule has 1 unspecified atom stereocenters. The number of nitrogens with zero attached hydrogens (tertiary/aromatic N) is 2. The fourth-order valence-electron chi connectivity index (χ4n) is 3.14. The van der Waals surface area contributed by atoms with E-state index >= 15 is 0 Å². The summed E-state index contributed by atoms with van der Waals surface area (Å²) in [6, 6.07) is 6.95. The molecule has 164 valence electrons. The second-order valence-corrected chi connectivity index (χ2v) is 8.12. The van der Waals surface area contributed by atoms with E-state index in [1.165, 1.54) is 12.0 Å². The van der Waals surface area contributed by atoms with Gasteiger partial charge < -0.3 is 25.0 Å². The minimum absolute atomic E-state index is 0.148. The van der Waals surface area contributed by atoms with Crippen molar-refractivity contribution in [2.75, 3.05) is 39.9 Å². The van der Waals surface area contributed by atoms with E-state index in [1.54, 1.807) is 0 Å².